The Bertz CT molecular complexity index is 1170. The minimum atomic E-state index is -0.389. The van der Waals surface area contributed by atoms with E-state index in [9.17, 15) is 9.59 Å². The number of anilines is 1. The van der Waals surface area contributed by atoms with Crippen molar-refractivity contribution in [2.24, 2.45) is 13.0 Å². The van der Waals surface area contributed by atoms with Crippen LogP contribution in [0.2, 0.25) is 10.0 Å². The molecular weight excluding hydrogens is 481 g/mol. The van der Waals surface area contributed by atoms with Crippen LogP contribution in [0.1, 0.15) is 41.6 Å². The van der Waals surface area contributed by atoms with Gasteiger partial charge in [-0.2, -0.15) is 0 Å². The molecular formula is C23H25Cl2N5O2S. The van der Waals surface area contributed by atoms with Crippen molar-refractivity contribution < 1.29 is 9.59 Å². The fourth-order valence-corrected chi connectivity index (χ4v) is 4.16. The van der Waals surface area contributed by atoms with Crippen LogP contribution in [0.25, 0.3) is 0 Å². The van der Waals surface area contributed by atoms with Crippen molar-refractivity contribution in [3.63, 3.8) is 0 Å². The standard InChI is InChI=1S/C23H25Cl2N5O2S/c1-13(2)20(27-22(32)15-9-10-16(24)17(25)11-15)21-28-29-23(30(21)4)33-12-19(31)26-18-8-6-5-7-14(18)3/h5-11,13,20H,12H2,1-4H3,(H,26,31)(H,27,32)/t20-/m1/s1. The third kappa shape index (κ3) is 6.28. The first-order valence-corrected chi connectivity index (χ1v) is 12.0. The van der Waals surface area contributed by atoms with Crippen molar-refractivity contribution in [3.8, 4) is 0 Å². The van der Waals surface area contributed by atoms with E-state index in [2.05, 4.69) is 20.8 Å². The highest BCUT2D eigenvalue weighted by Crippen LogP contribution is 2.26. The van der Waals surface area contributed by atoms with Gasteiger partial charge >= 0.3 is 0 Å². The molecule has 2 N–H and O–H groups in total. The zero-order chi connectivity index (χ0) is 24.1. The molecule has 0 fully saturated rings. The van der Waals surface area contributed by atoms with Crippen molar-refractivity contribution in [3.05, 3.63) is 69.5 Å². The zero-order valence-corrected chi connectivity index (χ0v) is 21.1. The second-order valence-electron chi connectivity index (χ2n) is 7.88. The lowest BCUT2D eigenvalue weighted by atomic mass is 10.0. The molecule has 0 bridgehead atoms. The summed E-state index contributed by atoms with van der Waals surface area (Å²) < 4.78 is 1.80. The van der Waals surface area contributed by atoms with Gasteiger partial charge in [0.2, 0.25) is 5.91 Å². The predicted molar refractivity (Wildman–Crippen MR) is 133 cm³/mol. The molecule has 1 heterocycles. The second kappa shape index (κ2) is 11.0. The van der Waals surface area contributed by atoms with E-state index in [-0.39, 0.29) is 29.5 Å². The van der Waals surface area contributed by atoms with Crippen LogP contribution in [0.4, 0.5) is 5.69 Å². The number of aromatic nitrogens is 3. The quantitative estimate of drug-likeness (QED) is 0.406. The molecule has 1 aromatic heterocycles. The van der Waals surface area contributed by atoms with Crippen molar-refractivity contribution in [2.75, 3.05) is 11.1 Å². The highest BCUT2D eigenvalue weighted by Gasteiger charge is 2.25. The van der Waals surface area contributed by atoms with E-state index in [0.717, 1.165) is 11.3 Å². The molecule has 2 amide bonds. The van der Waals surface area contributed by atoms with Crippen LogP contribution in [0, 0.1) is 12.8 Å². The van der Waals surface area contributed by atoms with Crippen LogP contribution in [-0.2, 0) is 11.8 Å². The summed E-state index contributed by atoms with van der Waals surface area (Å²) in [5.41, 5.74) is 2.18. The van der Waals surface area contributed by atoms with Gasteiger partial charge < -0.3 is 15.2 Å². The molecule has 0 radical (unpaired) electrons. The minimum Gasteiger partial charge on any atom is -0.342 e. The number of thioether (sulfide) groups is 1. The summed E-state index contributed by atoms with van der Waals surface area (Å²) in [5, 5.41) is 15.7. The largest absolute Gasteiger partial charge is 0.342 e. The fourth-order valence-electron chi connectivity index (χ4n) is 3.14. The lowest BCUT2D eigenvalue weighted by molar-refractivity contribution is -0.113. The number of benzene rings is 2. The zero-order valence-electron chi connectivity index (χ0n) is 18.7. The molecule has 0 spiro atoms. The molecule has 174 valence electrons. The summed E-state index contributed by atoms with van der Waals surface area (Å²) in [7, 11) is 1.82. The summed E-state index contributed by atoms with van der Waals surface area (Å²) in [6.45, 7) is 5.91. The van der Waals surface area contributed by atoms with E-state index in [1.165, 1.54) is 17.8 Å². The maximum atomic E-state index is 12.8. The third-order valence-corrected chi connectivity index (χ3v) is 6.79. The Morgan fingerprint density at radius 1 is 1.09 bits per heavy atom. The Balaban J connectivity index is 1.68. The van der Waals surface area contributed by atoms with Gasteiger partial charge in [0.25, 0.3) is 5.91 Å². The van der Waals surface area contributed by atoms with E-state index in [0.29, 0.717) is 26.6 Å². The number of carbonyl (C=O) groups excluding carboxylic acids is 2. The molecule has 10 heteroatoms. The minimum absolute atomic E-state index is 0.0434. The van der Waals surface area contributed by atoms with Crippen molar-refractivity contribution >= 4 is 52.5 Å². The van der Waals surface area contributed by atoms with Crippen molar-refractivity contribution in [1.29, 1.82) is 0 Å². The van der Waals surface area contributed by atoms with Crippen LogP contribution < -0.4 is 10.6 Å². The average molecular weight is 506 g/mol. The number of amides is 2. The van der Waals surface area contributed by atoms with E-state index in [1.54, 1.807) is 16.7 Å². The molecule has 3 rings (SSSR count). The van der Waals surface area contributed by atoms with E-state index in [1.807, 2.05) is 52.1 Å². The van der Waals surface area contributed by atoms with E-state index in [4.69, 9.17) is 23.2 Å². The summed E-state index contributed by atoms with van der Waals surface area (Å²) in [6.07, 6.45) is 0. The second-order valence-corrected chi connectivity index (χ2v) is 9.63. The number of hydrogen-bond donors (Lipinski definition) is 2. The maximum absolute atomic E-state index is 12.8. The summed E-state index contributed by atoms with van der Waals surface area (Å²) in [4.78, 5) is 25.2. The number of hydrogen-bond acceptors (Lipinski definition) is 5. The number of rotatable bonds is 8. The highest BCUT2D eigenvalue weighted by atomic mass is 35.5. The first-order chi connectivity index (χ1) is 15.7. The number of halogens is 2. The van der Waals surface area contributed by atoms with Crippen LogP contribution in [-0.4, -0.2) is 32.3 Å². The number of para-hydroxylation sites is 1. The Hall–Kier alpha value is -2.55. The van der Waals surface area contributed by atoms with Crippen molar-refractivity contribution in [2.45, 2.75) is 32.0 Å². The molecule has 2 aromatic carbocycles. The van der Waals surface area contributed by atoms with Gasteiger partial charge in [0, 0.05) is 18.3 Å². The molecule has 0 aliphatic heterocycles. The first-order valence-electron chi connectivity index (χ1n) is 10.3. The number of aryl methyl sites for hydroxylation is 1. The van der Waals surface area contributed by atoms with Crippen LogP contribution in [0.15, 0.2) is 47.6 Å². The van der Waals surface area contributed by atoms with Gasteiger partial charge in [-0.25, -0.2) is 0 Å². The number of nitrogens with one attached hydrogen (secondary N) is 2. The van der Waals surface area contributed by atoms with Gasteiger partial charge in [0.1, 0.15) is 0 Å². The van der Waals surface area contributed by atoms with E-state index >= 15 is 0 Å². The Morgan fingerprint density at radius 2 is 1.82 bits per heavy atom. The van der Waals surface area contributed by atoms with Gasteiger partial charge in [-0.3, -0.25) is 9.59 Å². The molecule has 33 heavy (non-hydrogen) atoms. The highest BCUT2D eigenvalue weighted by molar-refractivity contribution is 7.99. The number of nitrogens with zero attached hydrogens (tertiary/aromatic N) is 3. The topological polar surface area (TPSA) is 88.9 Å². The average Bonchev–Trinajstić information content (AvgIpc) is 3.13. The molecule has 0 saturated heterocycles. The van der Waals surface area contributed by atoms with Gasteiger partial charge in [-0.1, -0.05) is 67.0 Å². The Labute approximate surface area is 207 Å². The molecule has 7 nitrogen and oxygen atoms in total. The molecule has 0 saturated carbocycles. The van der Waals surface area contributed by atoms with Crippen LogP contribution in [0.5, 0.6) is 0 Å². The monoisotopic (exact) mass is 505 g/mol. The van der Waals surface area contributed by atoms with Crippen molar-refractivity contribution in [1.82, 2.24) is 20.1 Å². The number of carbonyl (C=O) groups is 2. The molecule has 0 unspecified atom stereocenters. The third-order valence-electron chi connectivity index (χ3n) is 5.03. The molecule has 0 aliphatic carbocycles. The summed E-state index contributed by atoms with van der Waals surface area (Å²) in [6, 6.07) is 11.9. The maximum Gasteiger partial charge on any atom is 0.251 e. The van der Waals surface area contributed by atoms with Gasteiger partial charge in [0.05, 0.1) is 21.8 Å². The molecule has 3 aromatic rings. The van der Waals surface area contributed by atoms with Gasteiger partial charge in [-0.05, 0) is 42.7 Å². The summed E-state index contributed by atoms with van der Waals surface area (Å²) in [5.74, 6) is 0.402. The Kier molecular flexibility index (Phi) is 8.40. The van der Waals surface area contributed by atoms with Crippen LogP contribution in [0.3, 0.4) is 0 Å². The molecule has 0 aliphatic rings. The lowest BCUT2D eigenvalue weighted by Crippen LogP contribution is -2.33. The van der Waals surface area contributed by atoms with E-state index < -0.39 is 0 Å². The predicted octanol–water partition coefficient (Wildman–Crippen LogP) is 5.29. The molecule has 1 atom stereocenters. The Morgan fingerprint density at radius 3 is 2.48 bits per heavy atom. The first kappa shape index (κ1) is 25.1. The fraction of sp³-hybridized carbons (Fsp3) is 0.304. The van der Waals surface area contributed by atoms with Gasteiger partial charge in [0.15, 0.2) is 11.0 Å². The normalized spacial score (nSPS) is 12.0. The van der Waals surface area contributed by atoms with Crippen LogP contribution >= 0.6 is 35.0 Å². The lowest BCUT2D eigenvalue weighted by Gasteiger charge is -2.22. The van der Waals surface area contributed by atoms with Gasteiger partial charge in [-0.15, -0.1) is 10.2 Å². The smallest absolute Gasteiger partial charge is 0.251 e. The summed E-state index contributed by atoms with van der Waals surface area (Å²) >= 11 is 13.3. The SMILES string of the molecule is Cc1ccccc1NC(=O)CSc1nnc([C@H](NC(=O)c2ccc(Cl)c(Cl)c2)C(C)C)n1C.